The first-order chi connectivity index (χ1) is 10.0. The van der Waals surface area contributed by atoms with E-state index in [0.29, 0.717) is 27.2 Å². The third-order valence-corrected chi connectivity index (χ3v) is 3.80. The molecule has 0 aromatic heterocycles. The van der Waals surface area contributed by atoms with Gasteiger partial charge in [0.2, 0.25) is 5.91 Å². The van der Waals surface area contributed by atoms with Gasteiger partial charge in [0, 0.05) is 16.5 Å². The van der Waals surface area contributed by atoms with Gasteiger partial charge in [-0.3, -0.25) is 4.79 Å². The van der Waals surface area contributed by atoms with Crippen molar-refractivity contribution in [1.82, 2.24) is 0 Å². The number of halogens is 3. The fourth-order valence-corrected chi connectivity index (χ4v) is 2.37. The highest BCUT2D eigenvalue weighted by Gasteiger charge is 2.06. The van der Waals surface area contributed by atoms with Crippen LogP contribution in [-0.4, -0.2) is 5.91 Å². The summed E-state index contributed by atoms with van der Waals surface area (Å²) in [5, 5.41) is 4.50. The topological polar surface area (TPSA) is 29.1 Å². The van der Waals surface area contributed by atoms with Gasteiger partial charge in [0.05, 0.1) is 10.7 Å². The van der Waals surface area contributed by atoms with E-state index in [2.05, 4.69) is 5.32 Å². The number of nitrogens with one attached hydrogen (secondary N) is 1. The lowest BCUT2D eigenvalue weighted by Crippen LogP contribution is -2.11. The van der Waals surface area contributed by atoms with Crippen LogP contribution in [0.25, 0.3) is 0 Å². The van der Waals surface area contributed by atoms with Gasteiger partial charge in [-0.25, -0.2) is 0 Å². The molecule has 0 spiro atoms. The third kappa shape index (κ3) is 5.24. The second kappa shape index (κ2) is 7.69. The van der Waals surface area contributed by atoms with Crippen molar-refractivity contribution in [3.63, 3.8) is 0 Å². The van der Waals surface area contributed by atoms with E-state index in [-0.39, 0.29) is 5.91 Å². The average Bonchev–Trinajstić information content (AvgIpc) is 2.45. The first-order valence-electron chi connectivity index (χ1n) is 6.54. The molecule has 0 fully saturated rings. The lowest BCUT2D eigenvalue weighted by Gasteiger charge is -2.07. The number of hydrogen-bond acceptors (Lipinski definition) is 1. The highest BCUT2D eigenvalue weighted by atomic mass is 35.5. The highest BCUT2D eigenvalue weighted by molar-refractivity contribution is 6.35. The monoisotopic (exact) mass is 341 g/mol. The molecular weight excluding hydrogens is 329 g/mol. The van der Waals surface area contributed by atoms with Gasteiger partial charge in [0.1, 0.15) is 0 Å². The van der Waals surface area contributed by atoms with Gasteiger partial charge in [-0.2, -0.15) is 0 Å². The fraction of sp³-hybridized carbons (Fsp3) is 0.188. The summed E-state index contributed by atoms with van der Waals surface area (Å²) >= 11 is 17.7. The first kappa shape index (κ1) is 16.2. The number of carbonyl (C=O) groups excluding carboxylic acids is 1. The van der Waals surface area contributed by atoms with E-state index in [9.17, 15) is 4.79 Å². The maximum absolute atomic E-state index is 11.9. The molecule has 0 atom stereocenters. The molecule has 21 heavy (non-hydrogen) atoms. The Labute approximate surface area is 139 Å². The molecule has 0 heterocycles. The van der Waals surface area contributed by atoms with Crippen LogP contribution >= 0.6 is 34.8 Å². The number of anilines is 1. The molecule has 5 heteroatoms. The van der Waals surface area contributed by atoms with Crippen molar-refractivity contribution in [2.75, 3.05) is 5.32 Å². The number of amides is 1. The van der Waals surface area contributed by atoms with E-state index in [4.69, 9.17) is 34.8 Å². The van der Waals surface area contributed by atoms with Crippen LogP contribution in [-0.2, 0) is 11.2 Å². The Hall–Kier alpha value is -1.22. The van der Waals surface area contributed by atoms with Crippen molar-refractivity contribution < 1.29 is 4.79 Å². The molecule has 0 aliphatic heterocycles. The summed E-state index contributed by atoms with van der Waals surface area (Å²) in [6, 6.07) is 12.6. The van der Waals surface area contributed by atoms with Crippen molar-refractivity contribution in [3.8, 4) is 0 Å². The molecule has 0 aliphatic carbocycles. The average molecular weight is 343 g/mol. The van der Waals surface area contributed by atoms with Crippen LogP contribution in [0.4, 0.5) is 5.69 Å². The summed E-state index contributed by atoms with van der Waals surface area (Å²) in [6.07, 6.45) is 2.00. The summed E-state index contributed by atoms with van der Waals surface area (Å²) in [6.45, 7) is 0. The number of aryl methyl sites for hydroxylation is 1. The summed E-state index contributed by atoms with van der Waals surface area (Å²) in [4.78, 5) is 11.9. The minimum atomic E-state index is -0.0758. The summed E-state index contributed by atoms with van der Waals surface area (Å²) in [7, 11) is 0. The lowest BCUT2D eigenvalue weighted by molar-refractivity contribution is -0.116. The normalized spacial score (nSPS) is 10.4. The van der Waals surface area contributed by atoms with Crippen LogP contribution in [0, 0.1) is 0 Å². The minimum Gasteiger partial charge on any atom is -0.325 e. The molecule has 110 valence electrons. The van der Waals surface area contributed by atoms with Gasteiger partial charge in [0.15, 0.2) is 0 Å². The molecule has 0 saturated carbocycles. The van der Waals surface area contributed by atoms with Crippen LogP contribution in [0.1, 0.15) is 18.4 Å². The predicted molar refractivity (Wildman–Crippen MR) is 89.5 cm³/mol. The summed E-state index contributed by atoms with van der Waals surface area (Å²) in [5.74, 6) is -0.0758. The molecule has 1 amide bonds. The first-order valence-corrected chi connectivity index (χ1v) is 7.67. The molecule has 0 bridgehead atoms. The number of carbonyl (C=O) groups is 1. The lowest BCUT2D eigenvalue weighted by atomic mass is 10.1. The number of hydrogen-bond donors (Lipinski definition) is 1. The molecule has 2 rings (SSSR count). The third-order valence-electron chi connectivity index (χ3n) is 2.99. The zero-order valence-electron chi connectivity index (χ0n) is 11.2. The number of rotatable bonds is 5. The van der Waals surface area contributed by atoms with E-state index < -0.39 is 0 Å². The predicted octanol–water partition coefficient (Wildman–Crippen LogP) is 5.61. The van der Waals surface area contributed by atoms with Gasteiger partial charge in [-0.15, -0.1) is 0 Å². The smallest absolute Gasteiger partial charge is 0.224 e. The Morgan fingerprint density at radius 3 is 2.33 bits per heavy atom. The van der Waals surface area contributed by atoms with E-state index in [0.717, 1.165) is 18.4 Å². The van der Waals surface area contributed by atoms with Crippen LogP contribution in [0.15, 0.2) is 42.5 Å². The Bertz CT molecular complexity index is 626. The molecule has 2 aromatic rings. The summed E-state index contributed by atoms with van der Waals surface area (Å²) in [5.41, 5.74) is 1.70. The van der Waals surface area contributed by atoms with E-state index in [1.165, 1.54) is 0 Å². The van der Waals surface area contributed by atoms with Crippen molar-refractivity contribution in [2.45, 2.75) is 19.3 Å². The zero-order valence-corrected chi connectivity index (χ0v) is 13.5. The molecule has 0 radical (unpaired) electrons. The molecule has 2 aromatic carbocycles. The second-order valence-electron chi connectivity index (χ2n) is 4.65. The minimum absolute atomic E-state index is 0.0758. The van der Waals surface area contributed by atoms with Crippen molar-refractivity contribution in [2.24, 2.45) is 0 Å². The van der Waals surface area contributed by atoms with E-state index >= 15 is 0 Å². The van der Waals surface area contributed by atoms with Gasteiger partial charge in [-0.05, 0) is 48.7 Å². The van der Waals surface area contributed by atoms with Crippen molar-refractivity contribution in [1.29, 1.82) is 0 Å². The second-order valence-corrected chi connectivity index (χ2v) is 5.93. The van der Waals surface area contributed by atoms with Crippen LogP contribution in [0.2, 0.25) is 15.1 Å². The Morgan fingerprint density at radius 1 is 0.952 bits per heavy atom. The summed E-state index contributed by atoms with van der Waals surface area (Å²) < 4.78 is 0. The zero-order chi connectivity index (χ0) is 15.2. The maximum atomic E-state index is 11.9. The quantitative estimate of drug-likeness (QED) is 0.752. The Morgan fingerprint density at radius 2 is 1.62 bits per heavy atom. The van der Waals surface area contributed by atoms with Crippen LogP contribution < -0.4 is 5.32 Å². The van der Waals surface area contributed by atoms with E-state index in [1.54, 1.807) is 18.2 Å². The largest absolute Gasteiger partial charge is 0.325 e. The Kier molecular flexibility index (Phi) is 5.92. The van der Waals surface area contributed by atoms with Gasteiger partial charge < -0.3 is 5.32 Å². The number of benzene rings is 2. The molecule has 0 saturated heterocycles. The SMILES string of the molecule is O=C(CCCc1ccc(Cl)cc1)Nc1cc(Cl)ccc1Cl. The van der Waals surface area contributed by atoms with Gasteiger partial charge in [-0.1, -0.05) is 46.9 Å². The van der Waals surface area contributed by atoms with Crippen LogP contribution in [0.5, 0.6) is 0 Å². The van der Waals surface area contributed by atoms with E-state index in [1.807, 2.05) is 24.3 Å². The highest BCUT2D eigenvalue weighted by Crippen LogP contribution is 2.25. The molecule has 2 nitrogen and oxygen atoms in total. The molecule has 0 aliphatic rings. The molecule has 0 unspecified atom stereocenters. The van der Waals surface area contributed by atoms with Crippen molar-refractivity contribution >= 4 is 46.4 Å². The molecule has 1 N–H and O–H groups in total. The van der Waals surface area contributed by atoms with Gasteiger partial charge >= 0.3 is 0 Å². The Balaban J connectivity index is 1.82. The molecular formula is C16H14Cl3NO. The maximum Gasteiger partial charge on any atom is 0.224 e. The van der Waals surface area contributed by atoms with Gasteiger partial charge in [0.25, 0.3) is 0 Å². The van der Waals surface area contributed by atoms with Crippen molar-refractivity contribution in [3.05, 3.63) is 63.1 Å². The van der Waals surface area contributed by atoms with Crippen LogP contribution in [0.3, 0.4) is 0 Å². The fourth-order valence-electron chi connectivity index (χ4n) is 1.91. The standard InChI is InChI=1S/C16H14Cl3NO/c17-12-6-4-11(5-7-12)2-1-3-16(21)20-15-10-13(18)8-9-14(15)19/h4-10H,1-3H2,(H,20,21).